The monoisotopic (exact) mass is 429 g/mol. The molecule has 2 unspecified atom stereocenters. The first-order chi connectivity index (χ1) is 13.7. The maximum absolute atomic E-state index is 12.3. The molecule has 10 nitrogen and oxygen atoms in total. The number of rotatable bonds is 12. The lowest BCUT2D eigenvalue weighted by Gasteiger charge is -2.29. The Morgan fingerprint density at radius 2 is 2.07 bits per heavy atom. The summed E-state index contributed by atoms with van der Waals surface area (Å²) in [5.41, 5.74) is 0.374. The third-order valence-electron chi connectivity index (χ3n) is 4.77. The molecule has 0 aromatic carbocycles. The van der Waals surface area contributed by atoms with E-state index in [0.717, 1.165) is 6.42 Å². The molecule has 164 valence electrons. The Bertz CT molecular complexity index is 815. The fourth-order valence-corrected chi connectivity index (χ4v) is 3.89. The van der Waals surface area contributed by atoms with Crippen molar-refractivity contribution in [3.63, 3.8) is 0 Å². The van der Waals surface area contributed by atoms with Crippen LogP contribution in [-0.2, 0) is 13.8 Å². The van der Waals surface area contributed by atoms with Crippen molar-refractivity contribution in [3.8, 4) is 0 Å². The first kappa shape index (κ1) is 23.7. The van der Waals surface area contributed by atoms with Crippen LogP contribution in [0.5, 0.6) is 0 Å². The Morgan fingerprint density at radius 1 is 1.34 bits per heavy atom. The number of imidazole rings is 1. The normalized spacial score (nSPS) is 16.5. The van der Waals surface area contributed by atoms with E-state index >= 15 is 0 Å². The maximum atomic E-state index is 12.3. The molecule has 0 fully saturated rings. The molecule has 2 aromatic heterocycles. The predicted octanol–water partition coefficient (Wildman–Crippen LogP) is 2.19. The maximum Gasteiger partial charge on any atom is 0.194 e. The van der Waals surface area contributed by atoms with Gasteiger partial charge >= 0.3 is 0 Å². The predicted molar refractivity (Wildman–Crippen MR) is 111 cm³/mol. The Hall–Kier alpha value is -1.58. The highest BCUT2D eigenvalue weighted by atomic mass is 31.1. The van der Waals surface area contributed by atoms with Gasteiger partial charge < -0.3 is 24.8 Å². The lowest BCUT2D eigenvalue weighted by molar-refractivity contribution is -0.104. The Labute approximate surface area is 171 Å². The first-order valence-electron chi connectivity index (χ1n) is 9.72. The molecule has 2 heterocycles. The fraction of sp³-hybridized carbons (Fsp3) is 0.722. The second kappa shape index (κ2) is 10.4. The number of aliphatic hydroxyl groups excluding tert-OH is 2. The molecule has 3 N–H and O–H groups in total. The van der Waals surface area contributed by atoms with Crippen molar-refractivity contribution in [1.82, 2.24) is 19.5 Å². The third-order valence-corrected chi connectivity index (χ3v) is 6.74. The number of hydrogen-bond donors (Lipinski definition) is 3. The summed E-state index contributed by atoms with van der Waals surface area (Å²) in [5.74, 6) is 0.552. The molecular weight excluding hydrogens is 397 g/mol. The number of aromatic nitrogens is 4. The molecule has 4 atom stereocenters. The van der Waals surface area contributed by atoms with Crippen LogP contribution in [-0.4, -0.2) is 67.4 Å². The van der Waals surface area contributed by atoms with Gasteiger partial charge in [-0.25, -0.2) is 15.0 Å². The zero-order valence-electron chi connectivity index (χ0n) is 17.6. The molecule has 0 bridgehead atoms. The van der Waals surface area contributed by atoms with Crippen molar-refractivity contribution in [2.75, 3.05) is 25.6 Å². The highest BCUT2D eigenvalue weighted by molar-refractivity contribution is 7.40. The minimum atomic E-state index is -2.16. The van der Waals surface area contributed by atoms with Crippen LogP contribution in [0, 0.1) is 0 Å². The average Bonchev–Trinajstić information content (AvgIpc) is 3.13. The number of nitrogens with zero attached hydrogens (tertiary/aromatic N) is 4. The minimum absolute atomic E-state index is 0.0162. The summed E-state index contributed by atoms with van der Waals surface area (Å²) in [7, 11) is -0.432. The topological polar surface area (TPSA) is 132 Å². The van der Waals surface area contributed by atoms with E-state index in [1.807, 2.05) is 27.7 Å². The summed E-state index contributed by atoms with van der Waals surface area (Å²) in [6.45, 7) is 7.33. The molecule has 11 heteroatoms. The van der Waals surface area contributed by atoms with E-state index in [0.29, 0.717) is 23.4 Å². The van der Waals surface area contributed by atoms with Crippen LogP contribution in [0.3, 0.4) is 0 Å². The summed E-state index contributed by atoms with van der Waals surface area (Å²) in [6, 6.07) is 0. The molecule has 0 aliphatic carbocycles. The van der Waals surface area contributed by atoms with Gasteiger partial charge in [-0.15, -0.1) is 0 Å². The molecule has 0 amide bonds. The molecular formula is C18H32N5O5P. The molecule has 0 aliphatic heterocycles. The second-order valence-corrected chi connectivity index (χ2v) is 9.38. The third kappa shape index (κ3) is 5.96. The molecule has 0 aliphatic rings. The molecule has 2 rings (SSSR count). The summed E-state index contributed by atoms with van der Waals surface area (Å²) in [4.78, 5) is 12.6. The van der Waals surface area contributed by atoms with Gasteiger partial charge in [0.05, 0.1) is 25.1 Å². The van der Waals surface area contributed by atoms with E-state index in [-0.39, 0.29) is 12.3 Å². The van der Waals surface area contributed by atoms with Gasteiger partial charge in [-0.3, -0.25) is 9.13 Å². The molecule has 0 radical (unpaired) electrons. The van der Waals surface area contributed by atoms with Crippen LogP contribution >= 0.6 is 8.03 Å². The average molecular weight is 429 g/mol. The van der Waals surface area contributed by atoms with Gasteiger partial charge in [-0.2, -0.15) is 0 Å². The lowest BCUT2D eigenvalue weighted by Crippen LogP contribution is -2.32. The Morgan fingerprint density at radius 3 is 2.69 bits per heavy atom. The van der Waals surface area contributed by atoms with Crippen molar-refractivity contribution in [1.29, 1.82) is 0 Å². The van der Waals surface area contributed by atoms with Crippen LogP contribution in [0.2, 0.25) is 0 Å². The lowest BCUT2D eigenvalue weighted by atomic mass is 10.1. The summed E-state index contributed by atoms with van der Waals surface area (Å²) in [6.07, 6.45) is 2.05. The van der Waals surface area contributed by atoms with E-state index in [4.69, 9.17) is 9.26 Å². The van der Waals surface area contributed by atoms with E-state index in [2.05, 4.69) is 20.3 Å². The van der Waals surface area contributed by atoms with Gasteiger partial charge in [0.15, 0.2) is 25.7 Å². The van der Waals surface area contributed by atoms with E-state index in [9.17, 15) is 14.8 Å². The quantitative estimate of drug-likeness (QED) is 0.434. The molecule has 29 heavy (non-hydrogen) atoms. The van der Waals surface area contributed by atoms with Crippen LogP contribution < -0.4 is 5.32 Å². The number of hydrogen-bond acceptors (Lipinski definition) is 9. The Balaban J connectivity index is 2.12. The number of fused-ring (bicyclic) bond motifs is 1. The van der Waals surface area contributed by atoms with E-state index in [1.165, 1.54) is 12.7 Å². The van der Waals surface area contributed by atoms with Crippen LogP contribution in [0.15, 0.2) is 12.7 Å². The zero-order valence-corrected chi connectivity index (χ0v) is 18.6. The van der Waals surface area contributed by atoms with E-state index < -0.39 is 32.6 Å². The largest absolute Gasteiger partial charge is 0.394 e. The van der Waals surface area contributed by atoms with Crippen molar-refractivity contribution in [2.45, 2.75) is 64.1 Å². The molecule has 2 aromatic rings. The highest BCUT2D eigenvalue weighted by Crippen LogP contribution is 2.38. The number of ether oxygens (including phenoxy) is 1. The van der Waals surface area contributed by atoms with Crippen molar-refractivity contribution < 1.29 is 24.0 Å². The molecule has 0 spiro atoms. The smallest absolute Gasteiger partial charge is 0.194 e. The second-order valence-electron chi connectivity index (χ2n) is 7.55. The summed E-state index contributed by atoms with van der Waals surface area (Å²) >= 11 is 0. The fourth-order valence-electron chi connectivity index (χ4n) is 2.70. The highest BCUT2D eigenvalue weighted by Gasteiger charge is 2.28. The minimum Gasteiger partial charge on any atom is -0.394 e. The van der Waals surface area contributed by atoms with Crippen LogP contribution in [0.4, 0.5) is 5.82 Å². The number of aliphatic hydroxyl groups is 2. The zero-order chi connectivity index (χ0) is 21.6. The van der Waals surface area contributed by atoms with Gasteiger partial charge in [0, 0.05) is 12.7 Å². The van der Waals surface area contributed by atoms with Gasteiger partial charge in [0.1, 0.15) is 17.9 Å². The van der Waals surface area contributed by atoms with Crippen LogP contribution in [0.1, 0.15) is 46.8 Å². The summed E-state index contributed by atoms with van der Waals surface area (Å²) < 4.78 is 25.5. The number of nitrogens with one attached hydrogen (secondary N) is 1. The van der Waals surface area contributed by atoms with Gasteiger partial charge in [0.25, 0.3) is 0 Å². The van der Waals surface area contributed by atoms with E-state index in [1.54, 1.807) is 11.6 Å². The standard InChI is InChI=1S/C18H32N5O5P/c1-6-12(2)29(26)28-18(3,4)7-8-27-17(13(25)9-24)23-11-22-14-15(19-5)20-10-21-16(14)23/h10-13,17,24-25,29H,6-9H2,1-5H3,(H,19,20,21)/t12-,13-,17?/m1/s1. The SMILES string of the molecule is CC[C@@H](C)[PH](=O)OC(C)(C)CCOC([C@H](O)CO)n1cnc2c(NC)ncnc21. The van der Waals surface area contributed by atoms with Crippen molar-refractivity contribution in [2.24, 2.45) is 0 Å². The van der Waals surface area contributed by atoms with Gasteiger partial charge in [0.2, 0.25) is 0 Å². The molecule has 0 saturated carbocycles. The van der Waals surface area contributed by atoms with Crippen LogP contribution in [0.25, 0.3) is 11.2 Å². The molecule has 0 saturated heterocycles. The number of anilines is 1. The van der Waals surface area contributed by atoms with Crippen molar-refractivity contribution in [3.05, 3.63) is 12.7 Å². The Kier molecular flexibility index (Phi) is 8.54. The first-order valence-corrected chi connectivity index (χ1v) is 11.1. The van der Waals surface area contributed by atoms with Crippen molar-refractivity contribution >= 4 is 25.0 Å². The van der Waals surface area contributed by atoms with Gasteiger partial charge in [-0.05, 0) is 26.7 Å². The summed E-state index contributed by atoms with van der Waals surface area (Å²) in [5, 5.41) is 22.7. The van der Waals surface area contributed by atoms with Gasteiger partial charge in [-0.1, -0.05) is 13.8 Å².